The fourth-order valence-electron chi connectivity index (χ4n) is 11.2. The molecule has 371 valence electrons. The zero-order valence-corrected chi connectivity index (χ0v) is 48.8. The topological polar surface area (TPSA) is 0 Å². The Kier molecular flexibility index (Phi) is 16.4. The first-order chi connectivity index (χ1) is 33.4. The van der Waals surface area contributed by atoms with Gasteiger partial charge in [-0.15, -0.1) is 0 Å². The molecule has 0 fully saturated rings. The average molecular weight is 1010 g/mol. The van der Waals surface area contributed by atoms with Crippen LogP contribution in [0.5, 0.6) is 0 Å². The molecular formula is C70H85Se. The summed E-state index contributed by atoms with van der Waals surface area (Å²) in [5.74, 6) is 2.94. The Bertz CT molecular complexity index is 2560. The summed E-state index contributed by atoms with van der Waals surface area (Å²) in [7, 11) is 0. The summed E-state index contributed by atoms with van der Waals surface area (Å²) in [6, 6.07) is 48.2. The van der Waals surface area contributed by atoms with E-state index in [0.717, 1.165) is 0 Å². The van der Waals surface area contributed by atoms with Crippen LogP contribution in [0.2, 0.25) is 0 Å². The van der Waals surface area contributed by atoms with Crippen LogP contribution < -0.4 is 4.46 Å². The fraction of sp³-hybridized carbons (Fsp3) is 0.400. The van der Waals surface area contributed by atoms with Gasteiger partial charge in [-0.3, -0.25) is 0 Å². The van der Waals surface area contributed by atoms with Crippen LogP contribution in [-0.4, -0.2) is 16.0 Å². The van der Waals surface area contributed by atoms with E-state index in [9.17, 15) is 0 Å². The first kappa shape index (κ1) is 53.8. The molecule has 0 aliphatic rings. The Morgan fingerprint density at radius 1 is 0.282 bits per heavy atom. The van der Waals surface area contributed by atoms with E-state index in [1.54, 1.807) is 0 Å². The van der Waals surface area contributed by atoms with Gasteiger partial charge in [0.05, 0.1) is 0 Å². The SMILES string of the molecule is CC(C)c1cccc(C(C)C)c1-c1cc(-c2cc(C(C)(C)C)cc(-c3cc(-c4c(C(C)C)cccc4C(C)C)cc(-c4c(C(C)C)cccc4C(C)C)c3)c2[Se])cc(-c2c(C(C)C)cccc2C(C)C)c1. The zero-order chi connectivity index (χ0) is 52.0. The van der Waals surface area contributed by atoms with Crippen LogP contribution in [0.25, 0.3) is 66.8 Å². The van der Waals surface area contributed by atoms with Gasteiger partial charge in [-0.25, -0.2) is 0 Å². The fourth-order valence-corrected chi connectivity index (χ4v) is 11.9. The van der Waals surface area contributed by atoms with Crippen molar-refractivity contribution in [1.82, 2.24) is 0 Å². The Morgan fingerprint density at radius 2 is 0.465 bits per heavy atom. The predicted octanol–water partition coefficient (Wildman–Crippen LogP) is 20.8. The van der Waals surface area contributed by atoms with Crippen molar-refractivity contribution < 1.29 is 0 Å². The van der Waals surface area contributed by atoms with Gasteiger partial charge in [0, 0.05) is 0 Å². The summed E-state index contributed by atoms with van der Waals surface area (Å²) in [5, 5.41) is 0. The maximum atomic E-state index is 3.79. The van der Waals surface area contributed by atoms with E-state index in [1.165, 1.54) is 121 Å². The molecule has 1 radical (unpaired) electrons. The van der Waals surface area contributed by atoms with E-state index in [1.807, 2.05) is 0 Å². The van der Waals surface area contributed by atoms with E-state index in [2.05, 4.69) is 269 Å². The molecule has 0 spiro atoms. The van der Waals surface area contributed by atoms with Crippen molar-refractivity contribution in [2.45, 2.75) is 184 Å². The molecule has 0 unspecified atom stereocenters. The molecular weight excluding hydrogens is 920 g/mol. The number of hydrogen-bond acceptors (Lipinski definition) is 0. The van der Waals surface area contributed by atoms with Gasteiger partial charge in [0.1, 0.15) is 0 Å². The standard InChI is InChI=1S/C70H85Se/c1-40(2)55-24-20-25-56(41(3)4)65(55)50-32-48(33-51(36-50)66-57(42(5)6)26-21-27-58(66)43(7)8)63-38-54(70(17,18)19)39-64(69(63)71)49-34-52(67-59(44(9)10)28-22-29-60(67)45(11)12)37-53(35-49)68-61(46(13)14)30-23-31-62(68)47(15)16/h20-47H,1-19H3. The molecule has 0 heterocycles. The Balaban J connectivity index is 1.67. The van der Waals surface area contributed by atoms with Gasteiger partial charge < -0.3 is 0 Å². The molecule has 0 amide bonds. The van der Waals surface area contributed by atoms with Crippen molar-refractivity contribution in [3.05, 3.63) is 171 Å². The Labute approximate surface area is 440 Å². The van der Waals surface area contributed by atoms with E-state index in [-0.39, 0.29) is 5.41 Å². The van der Waals surface area contributed by atoms with E-state index < -0.39 is 0 Å². The quantitative estimate of drug-likeness (QED) is 0.0953. The normalized spacial score (nSPS) is 12.4. The minimum atomic E-state index is -0.119. The molecule has 0 atom stereocenters. The monoisotopic (exact) mass is 1010 g/mol. The average Bonchev–Trinajstić information content (AvgIpc) is 3.32. The van der Waals surface area contributed by atoms with Crippen molar-refractivity contribution >= 4 is 20.5 Å². The van der Waals surface area contributed by atoms with Gasteiger partial charge in [-0.2, -0.15) is 0 Å². The molecule has 0 aromatic heterocycles. The first-order valence-electron chi connectivity index (χ1n) is 27.1. The van der Waals surface area contributed by atoms with Crippen LogP contribution in [0.4, 0.5) is 0 Å². The van der Waals surface area contributed by atoms with E-state index in [0.29, 0.717) is 47.3 Å². The molecule has 7 aromatic rings. The van der Waals surface area contributed by atoms with Gasteiger partial charge in [0.2, 0.25) is 0 Å². The van der Waals surface area contributed by atoms with Gasteiger partial charge >= 0.3 is 443 Å². The second-order valence-corrected chi connectivity index (χ2v) is 25.1. The molecule has 0 bridgehead atoms. The molecule has 0 aliphatic heterocycles. The molecule has 1 heteroatoms. The molecule has 7 aromatic carbocycles. The maximum absolute atomic E-state index is 3.79. The van der Waals surface area contributed by atoms with Gasteiger partial charge in [0.15, 0.2) is 0 Å². The predicted molar refractivity (Wildman–Crippen MR) is 316 cm³/mol. The van der Waals surface area contributed by atoms with Crippen LogP contribution in [0, 0.1) is 0 Å². The van der Waals surface area contributed by atoms with E-state index in [4.69, 9.17) is 0 Å². The molecule has 0 aliphatic carbocycles. The van der Waals surface area contributed by atoms with Crippen LogP contribution in [0.1, 0.15) is 229 Å². The molecule has 0 saturated heterocycles. The van der Waals surface area contributed by atoms with Crippen molar-refractivity contribution in [1.29, 1.82) is 0 Å². The minimum absolute atomic E-state index is 0.119. The summed E-state index contributed by atoms with van der Waals surface area (Å²) in [6.07, 6.45) is 0. The Hall–Kier alpha value is -4.94. The van der Waals surface area contributed by atoms with Crippen molar-refractivity contribution in [2.24, 2.45) is 0 Å². The van der Waals surface area contributed by atoms with Crippen LogP contribution >= 0.6 is 0 Å². The van der Waals surface area contributed by atoms with Crippen molar-refractivity contribution in [2.75, 3.05) is 0 Å². The third-order valence-electron chi connectivity index (χ3n) is 15.1. The van der Waals surface area contributed by atoms with Gasteiger partial charge in [-0.05, 0) is 0 Å². The van der Waals surface area contributed by atoms with Crippen LogP contribution in [0.3, 0.4) is 0 Å². The first-order valence-corrected chi connectivity index (χ1v) is 28.0. The molecule has 0 nitrogen and oxygen atoms in total. The molecule has 0 saturated carbocycles. The zero-order valence-electron chi connectivity index (χ0n) is 47.1. The number of hydrogen-bond donors (Lipinski definition) is 0. The molecule has 0 N–H and O–H groups in total. The summed E-state index contributed by atoms with van der Waals surface area (Å²) in [4.78, 5) is 0. The van der Waals surface area contributed by atoms with Gasteiger partial charge in [0.25, 0.3) is 0 Å². The number of benzene rings is 7. The molecule has 71 heavy (non-hydrogen) atoms. The molecule has 7 rings (SSSR count). The summed E-state index contributed by atoms with van der Waals surface area (Å²) in [5.41, 5.74) is 28.2. The summed E-state index contributed by atoms with van der Waals surface area (Å²) < 4.78 is 1.19. The second kappa shape index (κ2) is 21.6. The van der Waals surface area contributed by atoms with Crippen molar-refractivity contribution in [3.63, 3.8) is 0 Å². The van der Waals surface area contributed by atoms with Crippen molar-refractivity contribution in [3.8, 4) is 66.8 Å². The summed E-state index contributed by atoms with van der Waals surface area (Å²) >= 11 is 3.79. The summed E-state index contributed by atoms with van der Waals surface area (Å²) in [6.45, 7) is 44.8. The third kappa shape index (κ3) is 11.0. The van der Waals surface area contributed by atoms with Crippen LogP contribution in [0.15, 0.2) is 121 Å². The van der Waals surface area contributed by atoms with Gasteiger partial charge in [-0.1, -0.05) is 0 Å². The Morgan fingerprint density at radius 3 is 0.634 bits per heavy atom. The number of rotatable bonds is 14. The second-order valence-electron chi connectivity index (χ2n) is 24.2. The third-order valence-corrected chi connectivity index (χ3v) is 16.0. The van der Waals surface area contributed by atoms with E-state index >= 15 is 0 Å². The van der Waals surface area contributed by atoms with Crippen LogP contribution in [-0.2, 0) is 5.41 Å².